The van der Waals surface area contributed by atoms with Gasteiger partial charge in [0.15, 0.2) is 4.34 Å². The maximum Gasteiger partial charge on any atom is 0.241 e. The summed E-state index contributed by atoms with van der Waals surface area (Å²) in [4.78, 5) is 8.60. The number of hydrogen-bond donors (Lipinski definition) is 1. The van der Waals surface area contributed by atoms with E-state index in [-0.39, 0.29) is 17.3 Å². The van der Waals surface area contributed by atoms with Crippen LogP contribution in [0.2, 0.25) is 0 Å². The van der Waals surface area contributed by atoms with Crippen molar-refractivity contribution in [1.29, 1.82) is 0 Å². The quantitative estimate of drug-likeness (QED) is 0.413. The SMILES string of the molecule is COc1ccc(NS(=O)(=O)CCCSc2nc3ccccc3s2)c(OC)n1. The Bertz CT molecular complexity index is 988. The van der Waals surface area contributed by atoms with Gasteiger partial charge in [-0.2, -0.15) is 4.98 Å². The summed E-state index contributed by atoms with van der Waals surface area (Å²) in [5.74, 6) is 1.18. The van der Waals surface area contributed by atoms with Crippen molar-refractivity contribution in [2.75, 3.05) is 30.4 Å². The minimum absolute atomic E-state index is 0.0000779. The van der Waals surface area contributed by atoms with E-state index in [0.29, 0.717) is 18.1 Å². The number of nitrogens with one attached hydrogen (secondary N) is 1. The number of anilines is 1. The maximum absolute atomic E-state index is 12.3. The minimum Gasteiger partial charge on any atom is -0.481 e. The van der Waals surface area contributed by atoms with Crippen molar-refractivity contribution in [2.24, 2.45) is 0 Å². The van der Waals surface area contributed by atoms with Crippen molar-refractivity contribution >= 4 is 49.0 Å². The van der Waals surface area contributed by atoms with Gasteiger partial charge < -0.3 is 9.47 Å². The molecule has 0 aliphatic rings. The zero-order valence-corrected chi connectivity index (χ0v) is 17.3. The second-order valence-electron chi connectivity index (χ2n) is 5.48. The van der Waals surface area contributed by atoms with Gasteiger partial charge in [-0.25, -0.2) is 13.4 Å². The number of rotatable bonds is 9. The summed E-state index contributed by atoms with van der Waals surface area (Å²) in [5, 5.41) is 0. The molecule has 0 saturated carbocycles. The number of methoxy groups -OCH3 is 2. The molecule has 3 aromatic rings. The molecular weight excluding hydrogens is 406 g/mol. The van der Waals surface area contributed by atoms with Gasteiger partial charge in [0.1, 0.15) is 5.69 Å². The first-order chi connectivity index (χ1) is 13.0. The highest BCUT2D eigenvalue weighted by Gasteiger charge is 2.15. The van der Waals surface area contributed by atoms with E-state index in [2.05, 4.69) is 14.7 Å². The fraction of sp³-hybridized carbons (Fsp3) is 0.294. The second-order valence-corrected chi connectivity index (χ2v) is 9.70. The number of sulfonamides is 1. The molecule has 0 unspecified atom stereocenters. The number of hydrogen-bond acceptors (Lipinski definition) is 8. The lowest BCUT2D eigenvalue weighted by atomic mass is 10.3. The number of benzene rings is 1. The molecular formula is C17H19N3O4S3. The highest BCUT2D eigenvalue weighted by Crippen LogP contribution is 2.30. The van der Waals surface area contributed by atoms with Crippen LogP contribution in [0.3, 0.4) is 0 Å². The van der Waals surface area contributed by atoms with Gasteiger partial charge in [-0.3, -0.25) is 4.72 Å². The van der Waals surface area contributed by atoms with Crippen LogP contribution in [-0.2, 0) is 10.0 Å². The van der Waals surface area contributed by atoms with Gasteiger partial charge in [-0.15, -0.1) is 11.3 Å². The van der Waals surface area contributed by atoms with Gasteiger partial charge in [0.05, 0.1) is 30.2 Å². The topological polar surface area (TPSA) is 90.4 Å². The van der Waals surface area contributed by atoms with Crippen LogP contribution < -0.4 is 14.2 Å². The van der Waals surface area contributed by atoms with Crippen molar-refractivity contribution in [3.8, 4) is 11.8 Å². The molecule has 1 N–H and O–H groups in total. The highest BCUT2D eigenvalue weighted by molar-refractivity contribution is 8.01. The van der Waals surface area contributed by atoms with Crippen LogP contribution in [0.25, 0.3) is 10.2 Å². The molecule has 2 heterocycles. The highest BCUT2D eigenvalue weighted by atomic mass is 32.2. The Morgan fingerprint density at radius 2 is 1.93 bits per heavy atom. The van der Waals surface area contributed by atoms with Crippen molar-refractivity contribution in [3.63, 3.8) is 0 Å². The first-order valence-electron chi connectivity index (χ1n) is 8.08. The normalized spacial score (nSPS) is 11.5. The van der Waals surface area contributed by atoms with Crippen LogP contribution in [0, 0.1) is 0 Å². The largest absolute Gasteiger partial charge is 0.481 e. The van der Waals surface area contributed by atoms with E-state index in [4.69, 9.17) is 9.47 Å². The predicted octanol–water partition coefficient (Wildman–Crippen LogP) is 3.63. The zero-order chi connectivity index (χ0) is 19.3. The number of fused-ring (bicyclic) bond motifs is 1. The molecule has 144 valence electrons. The van der Waals surface area contributed by atoms with Gasteiger partial charge in [-0.05, 0) is 24.6 Å². The molecule has 0 fully saturated rings. The summed E-state index contributed by atoms with van der Waals surface area (Å²) in [5.41, 5.74) is 1.26. The molecule has 1 aromatic carbocycles. The van der Waals surface area contributed by atoms with E-state index in [1.807, 2.05) is 24.3 Å². The first kappa shape index (κ1) is 19.7. The Hall–Kier alpha value is -2.04. The first-order valence-corrected chi connectivity index (χ1v) is 11.5. The molecule has 27 heavy (non-hydrogen) atoms. The molecule has 7 nitrogen and oxygen atoms in total. The monoisotopic (exact) mass is 425 g/mol. The molecule has 3 rings (SSSR count). The van der Waals surface area contributed by atoms with Crippen LogP contribution in [0.5, 0.6) is 11.8 Å². The molecule has 0 amide bonds. The Labute approximate surface area is 166 Å². The van der Waals surface area contributed by atoms with E-state index < -0.39 is 10.0 Å². The van der Waals surface area contributed by atoms with Crippen LogP contribution in [0.1, 0.15) is 6.42 Å². The van der Waals surface area contributed by atoms with E-state index in [0.717, 1.165) is 14.6 Å². The van der Waals surface area contributed by atoms with Crippen LogP contribution in [0.15, 0.2) is 40.7 Å². The zero-order valence-electron chi connectivity index (χ0n) is 14.8. The summed E-state index contributed by atoms with van der Waals surface area (Å²) in [7, 11) is -0.601. The second kappa shape index (κ2) is 8.77. The molecule has 10 heteroatoms. The lowest BCUT2D eigenvalue weighted by Gasteiger charge is -2.11. The fourth-order valence-electron chi connectivity index (χ4n) is 2.31. The number of thioether (sulfide) groups is 1. The van der Waals surface area contributed by atoms with Crippen molar-refractivity contribution in [3.05, 3.63) is 36.4 Å². The molecule has 0 saturated heterocycles. The van der Waals surface area contributed by atoms with Crippen LogP contribution in [0.4, 0.5) is 5.69 Å². The summed E-state index contributed by atoms with van der Waals surface area (Å²) in [6, 6.07) is 11.1. The summed E-state index contributed by atoms with van der Waals surface area (Å²) in [6.45, 7) is 0. The van der Waals surface area contributed by atoms with E-state index in [9.17, 15) is 8.42 Å². The van der Waals surface area contributed by atoms with Crippen molar-refractivity contribution in [2.45, 2.75) is 10.8 Å². The van der Waals surface area contributed by atoms with Gasteiger partial charge >= 0.3 is 0 Å². The number of pyridine rings is 1. The molecule has 0 aliphatic heterocycles. The van der Waals surface area contributed by atoms with Crippen molar-refractivity contribution < 1.29 is 17.9 Å². The molecule has 0 radical (unpaired) electrons. The average Bonchev–Trinajstić information content (AvgIpc) is 3.08. The van der Waals surface area contributed by atoms with E-state index in [1.54, 1.807) is 35.2 Å². The molecule has 2 aromatic heterocycles. The third kappa shape index (κ3) is 5.24. The average molecular weight is 426 g/mol. The van der Waals surface area contributed by atoms with Gasteiger partial charge in [0.25, 0.3) is 0 Å². The molecule has 0 aliphatic carbocycles. The number of nitrogens with zero attached hydrogens (tertiary/aromatic N) is 2. The Kier molecular flexibility index (Phi) is 6.40. The fourth-order valence-corrected chi connectivity index (χ4v) is 5.69. The van der Waals surface area contributed by atoms with Gasteiger partial charge in [0.2, 0.25) is 21.8 Å². The Morgan fingerprint density at radius 1 is 1.11 bits per heavy atom. The van der Waals surface area contributed by atoms with Crippen molar-refractivity contribution in [1.82, 2.24) is 9.97 Å². The molecule has 0 atom stereocenters. The standard InChI is InChI=1S/C17H19N3O4S3/c1-23-15-9-8-13(16(19-15)24-2)20-27(21,22)11-5-10-25-17-18-12-6-3-4-7-14(12)26-17/h3-4,6-9,20H,5,10-11H2,1-2H3. The Balaban J connectivity index is 1.54. The maximum atomic E-state index is 12.3. The van der Waals surface area contributed by atoms with Crippen LogP contribution >= 0.6 is 23.1 Å². The van der Waals surface area contributed by atoms with Crippen LogP contribution in [-0.4, -0.2) is 44.1 Å². The smallest absolute Gasteiger partial charge is 0.241 e. The molecule has 0 spiro atoms. The van der Waals surface area contributed by atoms with E-state index >= 15 is 0 Å². The third-order valence-corrected chi connectivity index (χ3v) is 7.18. The number of thiazole rings is 1. The lowest BCUT2D eigenvalue weighted by Crippen LogP contribution is -2.18. The Morgan fingerprint density at radius 3 is 2.67 bits per heavy atom. The summed E-state index contributed by atoms with van der Waals surface area (Å²) >= 11 is 3.18. The third-order valence-electron chi connectivity index (χ3n) is 3.56. The summed E-state index contributed by atoms with van der Waals surface area (Å²) < 4.78 is 39.4. The lowest BCUT2D eigenvalue weighted by molar-refractivity contribution is 0.366. The minimum atomic E-state index is -3.51. The number of aromatic nitrogens is 2. The van der Waals surface area contributed by atoms with E-state index in [1.165, 1.54) is 14.2 Å². The van der Waals surface area contributed by atoms with Gasteiger partial charge in [-0.1, -0.05) is 23.9 Å². The number of ether oxygens (including phenoxy) is 2. The van der Waals surface area contributed by atoms with Gasteiger partial charge in [0, 0.05) is 11.8 Å². The summed E-state index contributed by atoms with van der Waals surface area (Å²) in [6.07, 6.45) is 0.502. The molecule has 0 bridgehead atoms. The predicted molar refractivity (Wildman–Crippen MR) is 110 cm³/mol. The number of para-hydroxylation sites is 1.